The molecular formula is C27H38N4O2. The van der Waals surface area contributed by atoms with Crippen LogP contribution >= 0.6 is 0 Å². The Morgan fingerprint density at radius 3 is 2.70 bits per heavy atom. The van der Waals surface area contributed by atoms with Crippen LogP contribution in [-0.2, 0) is 9.59 Å². The molecule has 0 saturated carbocycles. The van der Waals surface area contributed by atoms with Gasteiger partial charge >= 0.3 is 0 Å². The summed E-state index contributed by atoms with van der Waals surface area (Å²) in [6.07, 6.45) is 16.1. The molecule has 5 aliphatic rings. The number of hydrogen-bond donors (Lipinski definition) is 1. The van der Waals surface area contributed by atoms with Crippen molar-refractivity contribution >= 4 is 17.9 Å². The Kier molecular flexibility index (Phi) is 6.30. The highest BCUT2D eigenvalue weighted by molar-refractivity contribution is 5.97. The summed E-state index contributed by atoms with van der Waals surface area (Å²) < 4.78 is 0. The summed E-state index contributed by atoms with van der Waals surface area (Å²) in [6.45, 7) is 6.51. The van der Waals surface area contributed by atoms with Crippen LogP contribution in [0.25, 0.3) is 0 Å². The summed E-state index contributed by atoms with van der Waals surface area (Å²) in [7, 11) is 0. The lowest BCUT2D eigenvalue weighted by Crippen LogP contribution is -2.50. The molecule has 178 valence electrons. The average molecular weight is 451 g/mol. The van der Waals surface area contributed by atoms with Crippen LogP contribution in [-0.4, -0.2) is 60.4 Å². The molecule has 0 aromatic carbocycles. The first-order valence-electron chi connectivity index (χ1n) is 12.9. The molecule has 1 spiro atoms. The summed E-state index contributed by atoms with van der Waals surface area (Å²) in [4.78, 5) is 35.0. The van der Waals surface area contributed by atoms with Gasteiger partial charge in [-0.25, -0.2) is 4.99 Å². The molecule has 5 rings (SSSR count). The van der Waals surface area contributed by atoms with Gasteiger partial charge in [-0.2, -0.15) is 0 Å². The third-order valence-electron chi connectivity index (χ3n) is 8.85. The van der Waals surface area contributed by atoms with Crippen LogP contribution in [0.3, 0.4) is 0 Å². The van der Waals surface area contributed by atoms with Crippen LogP contribution in [0.4, 0.5) is 0 Å². The molecule has 2 N–H and O–H groups in total. The van der Waals surface area contributed by atoms with Crippen LogP contribution in [0.1, 0.15) is 58.3 Å². The Morgan fingerprint density at radius 1 is 1.21 bits per heavy atom. The zero-order valence-corrected chi connectivity index (χ0v) is 20.0. The van der Waals surface area contributed by atoms with Gasteiger partial charge in [-0.15, -0.1) is 0 Å². The molecule has 0 aromatic heterocycles. The number of hydrogen-bond acceptors (Lipinski definition) is 5. The van der Waals surface area contributed by atoms with Gasteiger partial charge in [0.2, 0.25) is 5.91 Å². The SMILES string of the molecule is CC1CC=CC2C=C1C(=O)CC21CCN(C(=O)C2CCN(CC3=C(N)N=CCC3)CC2)CC1. The maximum atomic E-state index is 13.3. The van der Waals surface area contributed by atoms with Crippen LogP contribution in [0, 0.1) is 23.2 Å². The number of carbonyl (C=O) groups excluding carboxylic acids is 2. The third-order valence-corrected chi connectivity index (χ3v) is 8.85. The second-order valence-electron chi connectivity index (χ2n) is 10.9. The normalized spacial score (nSPS) is 30.5. The maximum Gasteiger partial charge on any atom is 0.225 e. The van der Waals surface area contributed by atoms with Crippen LogP contribution < -0.4 is 5.73 Å². The average Bonchev–Trinajstić information content (AvgIpc) is 3.00. The van der Waals surface area contributed by atoms with Gasteiger partial charge in [0.15, 0.2) is 5.78 Å². The number of ketones is 1. The number of aliphatic imine (C=N–C) groups is 1. The van der Waals surface area contributed by atoms with Crippen molar-refractivity contribution in [3.63, 3.8) is 0 Å². The third kappa shape index (κ3) is 4.46. The lowest BCUT2D eigenvalue weighted by molar-refractivity contribution is -0.140. The van der Waals surface area contributed by atoms with Crippen LogP contribution in [0.2, 0.25) is 0 Å². The lowest BCUT2D eigenvalue weighted by atomic mass is 9.61. The fourth-order valence-electron chi connectivity index (χ4n) is 6.59. The predicted octanol–water partition coefficient (Wildman–Crippen LogP) is 3.45. The van der Waals surface area contributed by atoms with E-state index in [-0.39, 0.29) is 11.3 Å². The zero-order chi connectivity index (χ0) is 23.0. The molecule has 2 saturated heterocycles. The Bertz CT molecular complexity index is 914. The molecule has 33 heavy (non-hydrogen) atoms. The van der Waals surface area contributed by atoms with E-state index >= 15 is 0 Å². The van der Waals surface area contributed by atoms with Gasteiger partial charge in [0.25, 0.3) is 0 Å². The highest BCUT2D eigenvalue weighted by Crippen LogP contribution is 2.49. The number of nitrogens with two attached hydrogens (primary N) is 1. The minimum atomic E-state index is 0.0113. The van der Waals surface area contributed by atoms with Gasteiger partial charge < -0.3 is 10.6 Å². The standard InChI is InChI=1S/C27H38N4O2/c1-19-4-2-6-22-16-23(19)24(32)17-27(22)9-14-31(15-10-27)26(33)20-7-12-30(13-8-20)18-21-5-3-11-29-25(21)28/h2,6,11,16,19-20,22H,3-5,7-10,12-15,17-18,28H2,1H3. The van der Waals surface area contributed by atoms with E-state index in [2.05, 4.69) is 39.9 Å². The van der Waals surface area contributed by atoms with Gasteiger partial charge in [-0.1, -0.05) is 25.2 Å². The number of amides is 1. The molecule has 3 heterocycles. The Labute approximate surface area is 197 Å². The summed E-state index contributed by atoms with van der Waals surface area (Å²) in [5.74, 6) is 2.17. The first kappa shape index (κ1) is 22.6. The topological polar surface area (TPSA) is 79.0 Å². The first-order chi connectivity index (χ1) is 15.9. The molecule has 0 aromatic rings. The summed E-state index contributed by atoms with van der Waals surface area (Å²) in [5.41, 5.74) is 8.34. The summed E-state index contributed by atoms with van der Waals surface area (Å²) in [5, 5.41) is 0. The number of Topliss-reactive ketones (excluding diaryl/α,β-unsaturated/α-hetero) is 1. The van der Waals surface area contributed by atoms with E-state index in [0.717, 1.165) is 83.2 Å². The number of nitrogens with zero attached hydrogens (tertiary/aromatic N) is 3. The van der Waals surface area contributed by atoms with Crippen molar-refractivity contribution in [3.8, 4) is 0 Å². The molecule has 2 unspecified atom stereocenters. The maximum absolute atomic E-state index is 13.3. The van der Waals surface area contributed by atoms with Crippen molar-refractivity contribution < 1.29 is 9.59 Å². The Hall–Kier alpha value is -2.21. The van der Waals surface area contributed by atoms with E-state index in [1.807, 2.05) is 6.21 Å². The number of likely N-dealkylation sites (tertiary alicyclic amines) is 2. The minimum absolute atomic E-state index is 0.0113. The second kappa shape index (κ2) is 9.21. The molecule has 3 aliphatic heterocycles. The van der Waals surface area contributed by atoms with Crippen molar-refractivity contribution in [2.45, 2.75) is 58.3 Å². The van der Waals surface area contributed by atoms with E-state index in [9.17, 15) is 9.59 Å². The van der Waals surface area contributed by atoms with E-state index in [0.29, 0.717) is 35.8 Å². The van der Waals surface area contributed by atoms with Crippen molar-refractivity contribution in [1.82, 2.24) is 9.80 Å². The molecule has 2 fully saturated rings. The van der Waals surface area contributed by atoms with Gasteiger partial charge in [0.1, 0.15) is 5.82 Å². The molecular weight excluding hydrogens is 412 g/mol. The molecule has 6 nitrogen and oxygen atoms in total. The fraction of sp³-hybridized carbons (Fsp3) is 0.667. The Balaban J connectivity index is 1.15. The fourth-order valence-corrected chi connectivity index (χ4v) is 6.59. The smallest absolute Gasteiger partial charge is 0.225 e. The van der Waals surface area contributed by atoms with Gasteiger partial charge in [0.05, 0.1) is 0 Å². The molecule has 0 radical (unpaired) electrons. The van der Waals surface area contributed by atoms with Crippen molar-refractivity contribution in [2.75, 3.05) is 32.7 Å². The molecule has 2 bridgehead atoms. The largest absolute Gasteiger partial charge is 0.384 e. The van der Waals surface area contributed by atoms with Gasteiger partial charge in [-0.3, -0.25) is 14.5 Å². The van der Waals surface area contributed by atoms with E-state index in [1.54, 1.807) is 0 Å². The molecule has 2 aliphatic carbocycles. The minimum Gasteiger partial charge on any atom is -0.384 e. The van der Waals surface area contributed by atoms with Crippen LogP contribution in [0.15, 0.2) is 40.2 Å². The zero-order valence-electron chi connectivity index (χ0n) is 20.0. The molecule has 6 heteroatoms. The predicted molar refractivity (Wildman–Crippen MR) is 130 cm³/mol. The van der Waals surface area contributed by atoms with E-state index in [4.69, 9.17) is 5.73 Å². The number of rotatable bonds is 3. The molecule has 2 atom stereocenters. The van der Waals surface area contributed by atoms with Gasteiger partial charge in [-0.05, 0) is 80.5 Å². The van der Waals surface area contributed by atoms with Crippen molar-refractivity contribution in [1.29, 1.82) is 0 Å². The lowest BCUT2D eigenvalue weighted by Gasteiger charge is -2.47. The van der Waals surface area contributed by atoms with E-state index < -0.39 is 0 Å². The van der Waals surface area contributed by atoms with Crippen LogP contribution in [0.5, 0.6) is 0 Å². The van der Waals surface area contributed by atoms with E-state index in [1.165, 1.54) is 5.57 Å². The highest BCUT2D eigenvalue weighted by Gasteiger charge is 2.46. The number of piperidine rings is 2. The number of carbonyl (C=O) groups is 2. The first-order valence-corrected chi connectivity index (χ1v) is 12.9. The van der Waals surface area contributed by atoms with Crippen molar-refractivity contribution in [3.05, 3.63) is 35.2 Å². The second-order valence-corrected chi connectivity index (χ2v) is 10.9. The van der Waals surface area contributed by atoms with Crippen molar-refractivity contribution in [2.24, 2.45) is 33.9 Å². The summed E-state index contributed by atoms with van der Waals surface area (Å²) >= 11 is 0. The highest BCUT2D eigenvalue weighted by atomic mass is 16.2. The number of fused-ring (bicyclic) bond motifs is 2. The van der Waals surface area contributed by atoms with Gasteiger partial charge in [0, 0.05) is 44.1 Å². The number of allylic oxidation sites excluding steroid dienone is 4. The Morgan fingerprint density at radius 2 is 1.97 bits per heavy atom. The molecule has 1 amide bonds. The quantitative estimate of drug-likeness (QED) is 0.668. The monoisotopic (exact) mass is 450 g/mol. The summed E-state index contributed by atoms with van der Waals surface area (Å²) in [6, 6.07) is 0.